The Labute approximate surface area is 131 Å². The van der Waals surface area contributed by atoms with Gasteiger partial charge in [-0.3, -0.25) is 4.99 Å². The number of hydrogen-bond acceptors (Lipinski definition) is 5. The van der Waals surface area contributed by atoms with Gasteiger partial charge in [0, 0.05) is 17.3 Å². The second kappa shape index (κ2) is 5.35. The lowest BCUT2D eigenvalue weighted by Gasteiger charge is -2.20. The minimum absolute atomic E-state index is 0.0346. The van der Waals surface area contributed by atoms with Crippen LogP contribution in [0.25, 0.3) is 0 Å². The molecule has 0 saturated carbocycles. The Morgan fingerprint density at radius 1 is 1.35 bits per heavy atom. The molecule has 1 saturated heterocycles. The van der Waals surface area contributed by atoms with Gasteiger partial charge in [0.1, 0.15) is 0 Å². The lowest BCUT2D eigenvalue weighted by Crippen LogP contribution is -2.35. The smallest absolute Gasteiger partial charge is 0.159 e. The number of thioether (sulfide) groups is 1. The first-order valence-corrected chi connectivity index (χ1v) is 9.93. The molecule has 2 atom stereocenters. The Bertz CT molecular complexity index is 643. The average molecular weight is 375 g/mol. The Hall–Kier alpha value is -0.530. The molecule has 0 bridgehead atoms. The Balaban J connectivity index is 1.66. The van der Waals surface area contributed by atoms with Gasteiger partial charge in [0.25, 0.3) is 0 Å². The number of sulfone groups is 1. The van der Waals surface area contributed by atoms with Gasteiger partial charge in [0.05, 0.1) is 23.6 Å². The van der Waals surface area contributed by atoms with Crippen LogP contribution in [0.1, 0.15) is 5.56 Å². The van der Waals surface area contributed by atoms with Gasteiger partial charge in [-0.25, -0.2) is 8.42 Å². The zero-order valence-corrected chi connectivity index (χ0v) is 14.2. The van der Waals surface area contributed by atoms with E-state index in [9.17, 15) is 8.42 Å². The van der Waals surface area contributed by atoms with Crippen LogP contribution in [0, 0.1) is 0 Å². The quantitative estimate of drug-likeness (QED) is 0.795. The van der Waals surface area contributed by atoms with Gasteiger partial charge in [-0.15, -0.1) is 0 Å². The fourth-order valence-corrected chi connectivity index (χ4v) is 5.77. The summed E-state index contributed by atoms with van der Waals surface area (Å²) < 4.78 is 24.3. The van der Waals surface area contributed by atoms with Crippen LogP contribution in [-0.4, -0.2) is 49.1 Å². The fourth-order valence-electron chi connectivity index (χ4n) is 2.55. The molecule has 2 aliphatic heterocycles. The minimum atomic E-state index is -2.90. The van der Waals surface area contributed by atoms with Crippen LogP contribution in [0.2, 0.25) is 0 Å². The normalized spacial score (nSPS) is 27.5. The molecule has 0 spiro atoms. The molecule has 0 unspecified atom stereocenters. The van der Waals surface area contributed by atoms with E-state index in [1.54, 1.807) is 11.8 Å². The molecule has 1 fully saturated rings. The molecule has 7 heteroatoms. The molecule has 0 N–H and O–H groups in total. The third-order valence-corrected chi connectivity index (χ3v) is 7.01. The first kappa shape index (κ1) is 14.4. The molecule has 0 radical (unpaired) electrons. The third-order valence-electron chi connectivity index (χ3n) is 3.65. The highest BCUT2D eigenvalue weighted by Gasteiger charge is 2.44. The Morgan fingerprint density at radius 3 is 2.70 bits per heavy atom. The number of halogens is 1. The predicted octanol–water partition coefficient (Wildman–Crippen LogP) is 2.15. The third kappa shape index (κ3) is 2.89. The predicted molar refractivity (Wildman–Crippen MR) is 86.9 cm³/mol. The molecule has 4 nitrogen and oxygen atoms in total. The number of aliphatic imine (C=N–C) groups is 1. The van der Waals surface area contributed by atoms with E-state index >= 15 is 0 Å². The van der Waals surface area contributed by atoms with Gasteiger partial charge >= 0.3 is 0 Å². The van der Waals surface area contributed by atoms with Crippen LogP contribution in [0.3, 0.4) is 0 Å². The van der Waals surface area contributed by atoms with Crippen LogP contribution >= 0.6 is 27.7 Å². The molecule has 1 aromatic rings. The molecule has 0 aliphatic carbocycles. The van der Waals surface area contributed by atoms with E-state index in [1.165, 1.54) is 5.56 Å². The first-order chi connectivity index (χ1) is 9.44. The Kier molecular flexibility index (Phi) is 3.85. The topological polar surface area (TPSA) is 49.7 Å². The number of amidine groups is 1. The van der Waals surface area contributed by atoms with Crippen molar-refractivity contribution in [3.63, 3.8) is 0 Å². The number of benzene rings is 1. The monoisotopic (exact) mass is 374 g/mol. The van der Waals surface area contributed by atoms with E-state index < -0.39 is 9.84 Å². The highest BCUT2D eigenvalue weighted by atomic mass is 79.9. The Morgan fingerprint density at radius 2 is 2.05 bits per heavy atom. The van der Waals surface area contributed by atoms with Crippen molar-refractivity contribution in [2.24, 2.45) is 4.99 Å². The minimum Gasteiger partial charge on any atom is -0.348 e. The van der Waals surface area contributed by atoms with Crippen molar-refractivity contribution >= 4 is 42.7 Å². The van der Waals surface area contributed by atoms with E-state index in [-0.39, 0.29) is 23.6 Å². The van der Waals surface area contributed by atoms with Crippen molar-refractivity contribution in [2.45, 2.75) is 17.8 Å². The maximum Gasteiger partial charge on any atom is 0.159 e. The second-order valence-electron chi connectivity index (χ2n) is 5.15. The van der Waals surface area contributed by atoms with E-state index in [1.807, 2.05) is 24.1 Å². The van der Waals surface area contributed by atoms with E-state index in [0.29, 0.717) is 0 Å². The summed E-state index contributed by atoms with van der Waals surface area (Å²) in [5, 5.41) is 0.956. The van der Waals surface area contributed by atoms with Gasteiger partial charge in [-0.1, -0.05) is 39.8 Å². The summed E-state index contributed by atoms with van der Waals surface area (Å²) in [6.07, 6.45) is 0. The van der Waals surface area contributed by atoms with Gasteiger partial charge in [0.15, 0.2) is 15.0 Å². The summed E-state index contributed by atoms with van der Waals surface area (Å²) in [5.74, 6) is 1.28. The zero-order valence-electron chi connectivity index (χ0n) is 11.0. The largest absolute Gasteiger partial charge is 0.348 e. The van der Waals surface area contributed by atoms with Crippen LogP contribution in [0.4, 0.5) is 0 Å². The number of rotatable bonds is 2. The van der Waals surface area contributed by atoms with Crippen molar-refractivity contribution in [1.29, 1.82) is 0 Å². The van der Waals surface area contributed by atoms with Gasteiger partial charge in [-0.2, -0.15) is 0 Å². The molecule has 108 valence electrons. The molecule has 2 heterocycles. The van der Waals surface area contributed by atoms with E-state index in [2.05, 4.69) is 33.1 Å². The molecule has 3 rings (SSSR count). The molecule has 1 aromatic carbocycles. The lowest BCUT2D eigenvalue weighted by molar-refractivity contribution is 0.410. The molecular weight excluding hydrogens is 360 g/mol. The maximum atomic E-state index is 11.6. The van der Waals surface area contributed by atoms with Crippen molar-refractivity contribution < 1.29 is 8.42 Å². The first-order valence-electron chi connectivity index (χ1n) is 6.33. The summed E-state index contributed by atoms with van der Waals surface area (Å²) in [6, 6.07) is 8.18. The van der Waals surface area contributed by atoms with Gasteiger partial charge in [-0.05, 0) is 17.7 Å². The van der Waals surface area contributed by atoms with Crippen molar-refractivity contribution in [3.05, 3.63) is 34.3 Å². The summed E-state index contributed by atoms with van der Waals surface area (Å²) >= 11 is 5.09. The van der Waals surface area contributed by atoms with Crippen molar-refractivity contribution in [3.8, 4) is 0 Å². The molecule has 2 aliphatic rings. The van der Waals surface area contributed by atoms with E-state index in [4.69, 9.17) is 0 Å². The van der Waals surface area contributed by atoms with Crippen molar-refractivity contribution in [1.82, 2.24) is 4.90 Å². The van der Waals surface area contributed by atoms with Gasteiger partial charge < -0.3 is 4.90 Å². The van der Waals surface area contributed by atoms with Crippen LogP contribution in [0.5, 0.6) is 0 Å². The number of hydrogen-bond donors (Lipinski definition) is 0. The van der Waals surface area contributed by atoms with Crippen LogP contribution in [0.15, 0.2) is 33.7 Å². The van der Waals surface area contributed by atoms with Crippen LogP contribution in [-0.2, 0) is 15.6 Å². The molecular formula is C13H15BrN2O2S2. The average Bonchev–Trinajstić information content (AvgIpc) is 2.83. The summed E-state index contributed by atoms with van der Waals surface area (Å²) in [5.41, 5.74) is 1.24. The highest BCUT2D eigenvalue weighted by Crippen LogP contribution is 2.30. The van der Waals surface area contributed by atoms with Crippen LogP contribution < -0.4 is 0 Å². The summed E-state index contributed by atoms with van der Waals surface area (Å²) in [4.78, 5) is 6.60. The highest BCUT2D eigenvalue weighted by molar-refractivity contribution is 9.10. The second-order valence-corrected chi connectivity index (χ2v) is 9.16. The summed E-state index contributed by atoms with van der Waals surface area (Å²) in [7, 11) is -0.954. The van der Waals surface area contributed by atoms with E-state index in [0.717, 1.165) is 15.4 Å². The zero-order chi connectivity index (χ0) is 14.3. The molecule has 0 aromatic heterocycles. The number of likely N-dealkylation sites (N-methyl/N-ethyl adjacent to an activating group) is 1. The lowest BCUT2D eigenvalue weighted by atomic mass is 10.2. The molecule has 0 amide bonds. The fraction of sp³-hybridized carbons (Fsp3) is 0.462. The number of nitrogens with zero attached hydrogens (tertiary/aromatic N) is 2. The van der Waals surface area contributed by atoms with Crippen molar-refractivity contribution in [2.75, 3.05) is 18.6 Å². The number of fused-ring (bicyclic) bond motifs is 1. The molecule has 20 heavy (non-hydrogen) atoms. The summed E-state index contributed by atoms with van der Waals surface area (Å²) in [6.45, 7) is 0. The SMILES string of the molecule is CN1C(SCc2ccc(Br)cc2)=N[C@H]2CS(=O)(=O)C[C@H]21. The maximum absolute atomic E-state index is 11.6. The standard InChI is InChI=1S/C13H15BrN2O2S2/c1-16-12-8-20(17,18)7-11(12)15-13(16)19-6-9-2-4-10(14)5-3-9/h2-5,11-12H,6-8H2,1H3/t11-,12+/m0/s1. The van der Waals surface area contributed by atoms with Gasteiger partial charge in [0.2, 0.25) is 0 Å².